The molecule has 1 saturated heterocycles. The summed E-state index contributed by atoms with van der Waals surface area (Å²) in [6, 6.07) is 15.2. The number of piperidine rings is 1. The Hall–Kier alpha value is -2.54. The van der Waals surface area contributed by atoms with Crippen molar-refractivity contribution in [3.05, 3.63) is 54.6 Å². The third-order valence-electron chi connectivity index (χ3n) is 4.81. The monoisotopic (exact) mass is 402 g/mol. The minimum atomic E-state index is -3.67. The number of amides is 1. The number of likely N-dealkylation sites (tertiary alicyclic amines) is 1. The van der Waals surface area contributed by atoms with Gasteiger partial charge in [0.05, 0.1) is 10.6 Å². The normalized spacial score (nSPS) is 14.5. The molecule has 1 aliphatic heterocycles. The van der Waals surface area contributed by atoms with Gasteiger partial charge in [-0.2, -0.15) is 0 Å². The highest BCUT2D eigenvalue weighted by atomic mass is 32.2. The van der Waals surface area contributed by atoms with Crippen LogP contribution in [-0.4, -0.2) is 45.5 Å². The van der Waals surface area contributed by atoms with Gasteiger partial charge in [0.25, 0.3) is 15.9 Å². The molecule has 0 radical (unpaired) electrons. The number of para-hydroxylation sites is 1. The average Bonchev–Trinajstić information content (AvgIpc) is 2.74. The van der Waals surface area contributed by atoms with Crippen molar-refractivity contribution in [2.75, 3.05) is 30.5 Å². The first kappa shape index (κ1) is 20.2. The number of anilines is 1. The number of ether oxygens (including phenoxy) is 1. The van der Waals surface area contributed by atoms with E-state index >= 15 is 0 Å². The molecule has 0 unspecified atom stereocenters. The lowest BCUT2D eigenvalue weighted by molar-refractivity contribution is -0.134. The highest BCUT2D eigenvalue weighted by Crippen LogP contribution is 2.24. The summed E-state index contributed by atoms with van der Waals surface area (Å²) in [5.74, 6) is 0.449. The lowest BCUT2D eigenvalue weighted by Crippen LogP contribution is -2.38. The van der Waals surface area contributed by atoms with E-state index in [1.54, 1.807) is 31.2 Å². The van der Waals surface area contributed by atoms with E-state index in [2.05, 4.69) is 0 Å². The SMILES string of the molecule is CCN(c1ccccc1)S(=O)(=O)c1ccc(OCC(=O)N2CCCCC2)cc1. The molecule has 0 bridgehead atoms. The van der Waals surface area contributed by atoms with E-state index in [0.717, 1.165) is 25.9 Å². The summed E-state index contributed by atoms with van der Waals surface area (Å²) in [6.07, 6.45) is 3.24. The van der Waals surface area contributed by atoms with Crippen molar-refractivity contribution in [1.29, 1.82) is 0 Å². The first-order valence-electron chi connectivity index (χ1n) is 9.61. The first-order chi connectivity index (χ1) is 13.5. The van der Waals surface area contributed by atoms with E-state index in [9.17, 15) is 13.2 Å². The van der Waals surface area contributed by atoms with Crippen LogP contribution in [-0.2, 0) is 14.8 Å². The zero-order valence-electron chi connectivity index (χ0n) is 16.1. The maximum atomic E-state index is 13.0. The molecule has 0 spiro atoms. The molecule has 0 aliphatic carbocycles. The minimum Gasteiger partial charge on any atom is -0.484 e. The summed E-state index contributed by atoms with van der Waals surface area (Å²) in [5, 5.41) is 0. The molecule has 1 heterocycles. The van der Waals surface area contributed by atoms with Gasteiger partial charge in [-0.25, -0.2) is 8.42 Å². The zero-order valence-corrected chi connectivity index (χ0v) is 16.9. The lowest BCUT2D eigenvalue weighted by atomic mass is 10.1. The van der Waals surface area contributed by atoms with Crippen molar-refractivity contribution in [2.24, 2.45) is 0 Å². The van der Waals surface area contributed by atoms with Crippen LogP contribution in [0.4, 0.5) is 5.69 Å². The van der Waals surface area contributed by atoms with Gasteiger partial charge in [-0.3, -0.25) is 9.10 Å². The van der Waals surface area contributed by atoms with Gasteiger partial charge in [0.2, 0.25) is 0 Å². The molecule has 1 fully saturated rings. The van der Waals surface area contributed by atoms with Crippen LogP contribution in [0, 0.1) is 0 Å². The van der Waals surface area contributed by atoms with E-state index in [1.807, 2.05) is 23.1 Å². The molecule has 1 amide bonds. The molecule has 1 aliphatic rings. The second-order valence-corrected chi connectivity index (χ2v) is 8.57. The van der Waals surface area contributed by atoms with Crippen LogP contribution in [0.2, 0.25) is 0 Å². The number of carbonyl (C=O) groups is 1. The zero-order chi connectivity index (χ0) is 20.0. The van der Waals surface area contributed by atoms with Crippen molar-refractivity contribution >= 4 is 21.6 Å². The average molecular weight is 403 g/mol. The van der Waals surface area contributed by atoms with Crippen LogP contribution in [0.3, 0.4) is 0 Å². The van der Waals surface area contributed by atoms with Crippen LogP contribution >= 0.6 is 0 Å². The van der Waals surface area contributed by atoms with Crippen molar-refractivity contribution in [3.63, 3.8) is 0 Å². The Balaban J connectivity index is 1.66. The van der Waals surface area contributed by atoms with Gasteiger partial charge in [0.15, 0.2) is 6.61 Å². The number of hydrogen-bond donors (Lipinski definition) is 0. The van der Waals surface area contributed by atoms with Gasteiger partial charge in [-0.15, -0.1) is 0 Å². The van der Waals surface area contributed by atoms with Crippen LogP contribution in [0.25, 0.3) is 0 Å². The van der Waals surface area contributed by atoms with E-state index in [0.29, 0.717) is 18.0 Å². The Morgan fingerprint density at radius 2 is 1.64 bits per heavy atom. The molecule has 2 aromatic rings. The molecule has 0 atom stereocenters. The highest BCUT2D eigenvalue weighted by Gasteiger charge is 2.23. The second kappa shape index (κ2) is 9.10. The first-order valence-corrected chi connectivity index (χ1v) is 11.0. The smallest absolute Gasteiger partial charge is 0.264 e. The number of nitrogens with zero attached hydrogens (tertiary/aromatic N) is 2. The maximum absolute atomic E-state index is 13.0. The number of hydrogen-bond acceptors (Lipinski definition) is 4. The van der Waals surface area contributed by atoms with Crippen LogP contribution < -0.4 is 9.04 Å². The highest BCUT2D eigenvalue weighted by molar-refractivity contribution is 7.92. The summed E-state index contributed by atoms with van der Waals surface area (Å²) >= 11 is 0. The van der Waals surface area contributed by atoms with Crippen molar-refractivity contribution in [1.82, 2.24) is 4.90 Å². The number of carbonyl (C=O) groups excluding carboxylic acids is 1. The van der Waals surface area contributed by atoms with E-state index in [-0.39, 0.29) is 17.4 Å². The Morgan fingerprint density at radius 1 is 1.00 bits per heavy atom. The molecule has 6 nitrogen and oxygen atoms in total. The summed E-state index contributed by atoms with van der Waals surface area (Å²) in [5.41, 5.74) is 0.623. The molecule has 28 heavy (non-hydrogen) atoms. The molecular formula is C21H26N2O4S. The Kier molecular flexibility index (Phi) is 6.57. The maximum Gasteiger partial charge on any atom is 0.264 e. The Bertz CT molecular complexity index is 876. The largest absolute Gasteiger partial charge is 0.484 e. The Labute approximate surface area is 166 Å². The van der Waals surface area contributed by atoms with Crippen molar-refractivity contribution in [2.45, 2.75) is 31.1 Å². The Morgan fingerprint density at radius 3 is 2.25 bits per heavy atom. The lowest BCUT2D eigenvalue weighted by Gasteiger charge is -2.26. The number of rotatable bonds is 7. The third kappa shape index (κ3) is 4.65. The summed E-state index contributed by atoms with van der Waals surface area (Å²) in [7, 11) is -3.67. The van der Waals surface area contributed by atoms with Crippen LogP contribution in [0.5, 0.6) is 5.75 Å². The van der Waals surface area contributed by atoms with Gasteiger partial charge in [-0.1, -0.05) is 18.2 Å². The predicted molar refractivity (Wildman–Crippen MR) is 109 cm³/mol. The second-order valence-electron chi connectivity index (χ2n) is 6.71. The molecule has 0 aromatic heterocycles. The quantitative estimate of drug-likeness (QED) is 0.713. The van der Waals surface area contributed by atoms with Crippen LogP contribution in [0.15, 0.2) is 59.5 Å². The topological polar surface area (TPSA) is 66.9 Å². The van der Waals surface area contributed by atoms with E-state index in [4.69, 9.17) is 4.74 Å². The van der Waals surface area contributed by atoms with Gasteiger partial charge >= 0.3 is 0 Å². The molecule has 150 valence electrons. The summed E-state index contributed by atoms with van der Waals surface area (Å²) < 4.78 is 32.9. The fraction of sp³-hybridized carbons (Fsp3) is 0.381. The third-order valence-corrected chi connectivity index (χ3v) is 6.73. The predicted octanol–water partition coefficient (Wildman–Crippen LogP) is 3.29. The van der Waals surface area contributed by atoms with E-state index < -0.39 is 10.0 Å². The standard InChI is InChI=1S/C21H26N2O4S/c1-2-23(18-9-5-3-6-10-18)28(25,26)20-13-11-19(12-14-20)27-17-21(24)22-15-7-4-8-16-22/h3,5-6,9-14H,2,4,7-8,15-17H2,1H3. The molecule has 3 rings (SSSR count). The minimum absolute atomic E-state index is 0.0300. The number of sulfonamides is 1. The van der Waals surface area contributed by atoms with Gasteiger partial charge in [0, 0.05) is 19.6 Å². The molecule has 2 aromatic carbocycles. The molecular weight excluding hydrogens is 376 g/mol. The van der Waals surface area contributed by atoms with Crippen molar-refractivity contribution < 1.29 is 17.9 Å². The summed E-state index contributed by atoms with van der Waals surface area (Å²) in [4.78, 5) is 14.2. The fourth-order valence-electron chi connectivity index (χ4n) is 3.30. The molecule has 0 N–H and O–H groups in total. The van der Waals surface area contributed by atoms with Gasteiger partial charge in [-0.05, 0) is 62.6 Å². The van der Waals surface area contributed by atoms with E-state index in [1.165, 1.54) is 22.9 Å². The van der Waals surface area contributed by atoms with Gasteiger partial charge in [0.1, 0.15) is 5.75 Å². The number of benzene rings is 2. The molecule has 0 saturated carbocycles. The molecule has 7 heteroatoms. The van der Waals surface area contributed by atoms with Gasteiger partial charge < -0.3 is 9.64 Å². The fourth-order valence-corrected chi connectivity index (χ4v) is 4.77. The van der Waals surface area contributed by atoms with Crippen molar-refractivity contribution in [3.8, 4) is 5.75 Å². The van der Waals surface area contributed by atoms with Crippen LogP contribution in [0.1, 0.15) is 26.2 Å². The summed E-state index contributed by atoms with van der Waals surface area (Å²) in [6.45, 7) is 3.66.